The maximum absolute atomic E-state index is 13.1. The molecule has 0 spiro atoms. The lowest BCUT2D eigenvalue weighted by Gasteiger charge is -2.28. The predicted molar refractivity (Wildman–Crippen MR) is 118 cm³/mol. The van der Waals surface area contributed by atoms with Crippen LogP contribution in [0.25, 0.3) is 11.0 Å². The zero-order valence-electron chi connectivity index (χ0n) is 19.2. The van der Waals surface area contributed by atoms with Gasteiger partial charge in [0, 0.05) is 36.4 Å². The Kier molecular flexibility index (Phi) is 5.50. The van der Waals surface area contributed by atoms with Crippen LogP contribution in [0.1, 0.15) is 54.8 Å². The van der Waals surface area contributed by atoms with E-state index in [1.807, 2.05) is 0 Å². The van der Waals surface area contributed by atoms with Crippen LogP contribution in [0.4, 0.5) is 4.79 Å². The number of rotatable bonds is 7. The highest BCUT2D eigenvalue weighted by Crippen LogP contribution is 2.35. The average molecular weight is 470 g/mol. The number of aryl methyl sites for hydroxylation is 2. The van der Waals surface area contributed by atoms with E-state index in [1.165, 1.54) is 33.0 Å². The highest BCUT2D eigenvalue weighted by atomic mass is 16.4. The Labute approximate surface area is 195 Å². The van der Waals surface area contributed by atoms with Gasteiger partial charge in [-0.25, -0.2) is 4.79 Å². The third-order valence-corrected chi connectivity index (χ3v) is 7.11. The standard InChI is InChI=1S/C24H26N2O8/c1-23(2)19(28)26(22(33)25(23)3)12-24(20(29)30,21(31)32)11-16(27)13-8-9-15-14-6-4-5-7-17(14)34-18(15)10-13/h8-10H,4-7,11-12H2,1-3H3,(H,29,30)(H,31,32). The molecular formula is C24H26N2O8. The van der Waals surface area contributed by atoms with Gasteiger partial charge in [-0.2, -0.15) is 0 Å². The van der Waals surface area contributed by atoms with Gasteiger partial charge in [0.2, 0.25) is 0 Å². The molecule has 180 valence electrons. The molecule has 2 aliphatic rings. The summed E-state index contributed by atoms with van der Waals surface area (Å²) in [5.41, 5.74) is -2.29. The van der Waals surface area contributed by atoms with Crippen molar-refractivity contribution in [3.63, 3.8) is 0 Å². The van der Waals surface area contributed by atoms with Gasteiger partial charge in [0.05, 0.1) is 6.54 Å². The fraction of sp³-hybridized carbons (Fsp3) is 0.458. The number of carbonyl (C=O) groups is 5. The van der Waals surface area contributed by atoms with Crippen LogP contribution in [0.3, 0.4) is 0 Å². The number of amides is 3. The smallest absolute Gasteiger partial charge is 0.327 e. The SMILES string of the molecule is CN1C(=O)N(CC(CC(=O)c2ccc3c4c(oc3c2)CCCC4)(C(=O)O)C(=O)O)C(=O)C1(C)C. The predicted octanol–water partition coefficient (Wildman–Crippen LogP) is 2.71. The van der Waals surface area contributed by atoms with E-state index in [0.717, 1.165) is 47.3 Å². The molecule has 1 aromatic heterocycles. The van der Waals surface area contributed by atoms with Crippen molar-refractivity contribution in [2.24, 2.45) is 5.41 Å². The van der Waals surface area contributed by atoms with Crippen molar-refractivity contribution >= 4 is 40.6 Å². The molecule has 2 aromatic rings. The lowest BCUT2D eigenvalue weighted by atomic mass is 9.80. The lowest BCUT2D eigenvalue weighted by molar-refractivity contribution is -0.165. The number of likely N-dealkylation sites (N-methyl/N-ethyl adjacent to an activating group) is 1. The number of benzene rings is 1. The van der Waals surface area contributed by atoms with Crippen molar-refractivity contribution in [3.8, 4) is 0 Å². The fourth-order valence-corrected chi connectivity index (χ4v) is 4.64. The molecule has 0 bridgehead atoms. The molecule has 10 heteroatoms. The first kappa shape index (κ1) is 23.5. The number of hydrogen-bond acceptors (Lipinski definition) is 6. The number of urea groups is 1. The molecule has 10 nitrogen and oxygen atoms in total. The highest BCUT2D eigenvalue weighted by molar-refractivity contribution is 6.10. The Hall–Kier alpha value is -3.69. The highest BCUT2D eigenvalue weighted by Gasteiger charge is 2.57. The third kappa shape index (κ3) is 3.44. The van der Waals surface area contributed by atoms with Crippen molar-refractivity contribution in [3.05, 3.63) is 35.1 Å². The Morgan fingerprint density at radius 2 is 1.74 bits per heavy atom. The van der Waals surface area contributed by atoms with Gasteiger partial charge in [0.15, 0.2) is 11.2 Å². The fourth-order valence-electron chi connectivity index (χ4n) is 4.64. The Bertz CT molecular complexity index is 1230. The lowest BCUT2D eigenvalue weighted by Crippen LogP contribution is -2.52. The summed E-state index contributed by atoms with van der Waals surface area (Å²) in [6.07, 6.45) is 2.79. The van der Waals surface area contributed by atoms with Gasteiger partial charge in [-0.1, -0.05) is 12.1 Å². The molecule has 4 rings (SSSR count). The summed E-state index contributed by atoms with van der Waals surface area (Å²) in [5.74, 6) is -4.23. The molecular weight excluding hydrogens is 444 g/mol. The maximum Gasteiger partial charge on any atom is 0.327 e. The second kappa shape index (κ2) is 7.96. The number of ketones is 1. The molecule has 3 amide bonds. The summed E-state index contributed by atoms with van der Waals surface area (Å²) >= 11 is 0. The van der Waals surface area contributed by atoms with Gasteiger partial charge in [-0.15, -0.1) is 0 Å². The number of carboxylic acid groups (broad SMARTS) is 2. The van der Waals surface area contributed by atoms with Crippen LogP contribution in [0.15, 0.2) is 22.6 Å². The third-order valence-electron chi connectivity index (χ3n) is 7.11. The van der Waals surface area contributed by atoms with Gasteiger partial charge >= 0.3 is 18.0 Å². The van der Waals surface area contributed by atoms with E-state index in [0.29, 0.717) is 10.5 Å². The first-order valence-electron chi connectivity index (χ1n) is 11.0. The van der Waals surface area contributed by atoms with Gasteiger partial charge in [0.1, 0.15) is 16.9 Å². The van der Waals surface area contributed by atoms with E-state index in [-0.39, 0.29) is 5.56 Å². The summed E-state index contributed by atoms with van der Waals surface area (Å²) in [6, 6.07) is 3.92. The van der Waals surface area contributed by atoms with E-state index in [2.05, 4.69) is 0 Å². The second-order valence-electron chi connectivity index (χ2n) is 9.51. The maximum atomic E-state index is 13.1. The summed E-state index contributed by atoms with van der Waals surface area (Å²) < 4.78 is 5.89. The number of furan rings is 1. The normalized spacial score (nSPS) is 17.9. The van der Waals surface area contributed by atoms with Gasteiger partial charge < -0.3 is 19.5 Å². The van der Waals surface area contributed by atoms with Crippen LogP contribution >= 0.6 is 0 Å². The Balaban J connectivity index is 1.67. The minimum Gasteiger partial charge on any atom is -0.480 e. The quantitative estimate of drug-likeness (QED) is 0.357. The molecule has 0 atom stereocenters. The molecule has 0 unspecified atom stereocenters. The van der Waals surface area contributed by atoms with E-state index >= 15 is 0 Å². The van der Waals surface area contributed by atoms with E-state index in [1.54, 1.807) is 6.07 Å². The summed E-state index contributed by atoms with van der Waals surface area (Å²) in [5, 5.41) is 20.7. The molecule has 1 fully saturated rings. The zero-order valence-corrected chi connectivity index (χ0v) is 19.2. The number of fused-ring (bicyclic) bond motifs is 3. The summed E-state index contributed by atoms with van der Waals surface area (Å²) in [6.45, 7) is 1.98. The van der Waals surface area contributed by atoms with Crippen LogP contribution in [-0.4, -0.2) is 68.8 Å². The number of carbonyl (C=O) groups excluding carboxylic acids is 3. The van der Waals surface area contributed by atoms with E-state index in [9.17, 15) is 34.2 Å². The topological polar surface area (TPSA) is 145 Å². The van der Waals surface area contributed by atoms with Crippen LogP contribution < -0.4 is 0 Å². The number of imide groups is 1. The molecule has 0 radical (unpaired) electrons. The minimum atomic E-state index is -2.71. The van der Waals surface area contributed by atoms with Crippen molar-refractivity contribution < 1.29 is 38.6 Å². The van der Waals surface area contributed by atoms with Crippen LogP contribution in [0.5, 0.6) is 0 Å². The van der Waals surface area contributed by atoms with Crippen molar-refractivity contribution in [1.82, 2.24) is 9.80 Å². The van der Waals surface area contributed by atoms with Crippen molar-refractivity contribution in [1.29, 1.82) is 0 Å². The molecule has 34 heavy (non-hydrogen) atoms. The zero-order chi connectivity index (χ0) is 25.0. The van der Waals surface area contributed by atoms with Gasteiger partial charge in [0.25, 0.3) is 5.91 Å². The molecule has 2 heterocycles. The Morgan fingerprint density at radius 1 is 1.09 bits per heavy atom. The first-order chi connectivity index (χ1) is 15.9. The van der Waals surface area contributed by atoms with Gasteiger partial charge in [-0.3, -0.25) is 24.1 Å². The largest absolute Gasteiger partial charge is 0.480 e. The summed E-state index contributed by atoms with van der Waals surface area (Å²) in [4.78, 5) is 64.6. The van der Waals surface area contributed by atoms with E-state index in [4.69, 9.17) is 4.42 Å². The molecule has 2 N–H and O–H groups in total. The molecule has 1 saturated heterocycles. The number of carboxylic acids is 2. The first-order valence-corrected chi connectivity index (χ1v) is 11.0. The number of hydrogen-bond donors (Lipinski definition) is 2. The number of Topliss-reactive ketones (excluding diaryl/α,β-unsaturated/α-hetero) is 1. The average Bonchev–Trinajstić information content (AvgIpc) is 3.23. The molecule has 1 aliphatic heterocycles. The number of aliphatic carboxylic acids is 2. The summed E-state index contributed by atoms with van der Waals surface area (Å²) in [7, 11) is 1.37. The Morgan fingerprint density at radius 3 is 2.32 bits per heavy atom. The molecule has 0 saturated carbocycles. The molecule has 1 aliphatic carbocycles. The second-order valence-corrected chi connectivity index (χ2v) is 9.51. The monoisotopic (exact) mass is 470 g/mol. The minimum absolute atomic E-state index is 0.0991. The van der Waals surface area contributed by atoms with Crippen molar-refractivity contribution in [2.45, 2.75) is 51.5 Å². The van der Waals surface area contributed by atoms with Crippen molar-refractivity contribution in [2.75, 3.05) is 13.6 Å². The molecule has 1 aromatic carbocycles. The van der Waals surface area contributed by atoms with Crippen LogP contribution in [-0.2, 0) is 27.2 Å². The van der Waals surface area contributed by atoms with Gasteiger partial charge in [-0.05, 0) is 39.2 Å². The number of nitrogens with zero attached hydrogens (tertiary/aromatic N) is 2. The van der Waals surface area contributed by atoms with Crippen LogP contribution in [0.2, 0.25) is 0 Å². The van der Waals surface area contributed by atoms with E-state index < -0.39 is 53.6 Å². The van der Waals surface area contributed by atoms with Crippen LogP contribution in [0, 0.1) is 5.41 Å².